The Balaban J connectivity index is 1.46. The van der Waals surface area contributed by atoms with Gasteiger partial charge in [-0.2, -0.15) is 0 Å². The monoisotopic (exact) mass is 394 g/mol. The summed E-state index contributed by atoms with van der Waals surface area (Å²) in [5, 5.41) is 6.17. The van der Waals surface area contributed by atoms with Gasteiger partial charge in [0.2, 0.25) is 5.91 Å². The molecule has 1 unspecified atom stereocenters. The Hall–Kier alpha value is -2.86. The minimum Gasteiger partial charge on any atom is -0.376 e. The molecule has 6 heteroatoms. The van der Waals surface area contributed by atoms with Gasteiger partial charge >= 0.3 is 0 Å². The average Bonchev–Trinajstić information content (AvgIpc) is 3.21. The van der Waals surface area contributed by atoms with Gasteiger partial charge in [-0.15, -0.1) is 0 Å². The van der Waals surface area contributed by atoms with E-state index in [9.17, 15) is 4.79 Å². The molecule has 6 nitrogen and oxygen atoms in total. The minimum absolute atomic E-state index is 0.100. The maximum Gasteiger partial charge on any atom is 0.246 e. The van der Waals surface area contributed by atoms with Gasteiger partial charge in [-0.3, -0.25) is 4.79 Å². The molecule has 0 spiro atoms. The summed E-state index contributed by atoms with van der Waals surface area (Å²) in [6.07, 6.45) is 1.06. The summed E-state index contributed by atoms with van der Waals surface area (Å²) < 4.78 is 5.91. The van der Waals surface area contributed by atoms with Gasteiger partial charge < -0.3 is 20.3 Å². The molecule has 3 rings (SSSR count). The first kappa shape index (κ1) is 20.9. The second kappa shape index (κ2) is 11.2. The quantitative estimate of drug-likeness (QED) is 0.533. The van der Waals surface area contributed by atoms with Crippen LogP contribution in [0.25, 0.3) is 0 Å². The second-order valence-electron chi connectivity index (χ2n) is 7.19. The van der Waals surface area contributed by atoms with Crippen LogP contribution < -0.4 is 10.6 Å². The number of ether oxygens (including phenoxy) is 1. The molecule has 0 aliphatic carbocycles. The highest BCUT2D eigenvalue weighted by Crippen LogP contribution is 2.17. The number of rotatable bonds is 8. The highest BCUT2D eigenvalue weighted by atomic mass is 16.5. The minimum atomic E-state index is -0.117. The van der Waals surface area contributed by atoms with E-state index in [1.165, 1.54) is 5.56 Å². The number of amides is 1. The topological polar surface area (TPSA) is 66.0 Å². The van der Waals surface area contributed by atoms with E-state index in [2.05, 4.69) is 32.7 Å². The predicted molar refractivity (Wildman–Crippen MR) is 117 cm³/mol. The highest BCUT2D eigenvalue weighted by Gasteiger charge is 2.25. The standard InChI is InChI=1S/C23H30N4O2/c1-2-24-23(25-15-22(28)26-21-11-7-4-8-12-21)27-14-13-20(16-27)18-29-17-19-9-5-3-6-10-19/h3-12,20H,2,13-18H2,1H3,(H,24,25)(H,26,28). The first-order valence-corrected chi connectivity index (χ1v) is 10.2. The number of nitrogens with one attached hydrogen (secondary N) is 2. The van der Waals surface area contributed by atoms with Crippen LogP contribution in [0.15, 0.2) is 65.7 Å². The number of likely N-dealkylation sites (tertiary alicyclic amines) is 1. The Morgan fingerprint density at radius 3 is 2.59 bits per heavy atom. The molecule has 0 saturated carbocycles. The maximum atomic E-state index is 12.2. The molecular weight excluding hydrogens is 364 g/mol. The molecule has 29 heavy (non-hydrogen) atoms. The number of hydrogen-bond acceptors (Lipinski definition) is 3. The van der Waals surface area contributed by atoms with Gasteiger partial charge in [-0.25, -0.2) is 4.99 Å². The molecule has 1 amide bonds. The van der Waals surface area contributed by atoms with Crippen LogP contribution in [0.3, 0.4) is 0 Å². The summed E-state index contributed by atoms with van der Waals surface area (Å²) in [7, 11) is 0. The van der Waals surface area contributed by atoms with E-state index in [0.717, 1.165) is 44.3 Å². The fraction of sp³-hybridized carbons (Fsp3) is 0.391. The van der Waals surface area contributed by atoms with Crippen LogP contribution in [0.4, 0.5) is 5.69 Å². The van der Waals surface area contributed by atoms with Gasteiger partial charge in [0, 0.05) is 31.2 Å². The molecule has 154 valence electrons. The van der Waals surface area contributed by atoms with Crippen LogP contribution in [0.1, 0.15) is 18.9 Å². The number of guanidine groups is 1. The smallest absolute Gasteiger partial charge is 0.246 e. The van der Waals surface area contributed by atoms with Crippen molar-refractivity contribution in [2.24, 2.45) is 10.9 Å². The highest BCUT2D eigenvalue weighted by molar-refractivity contribution is 5.94. The Kier molecular flexibility index (Phi) is 8.07. The Bertz CT molecular complexity index is 780. The fourth-order valence-electron chi connectivity index (χ4n) is 3.37. The van der Waals surface area contributed by atoms with Gasteiger partial charge in [0.25, 0.3) is 0 Å². The Morgan fingerprint density at radius 1 is 1.14 bits per heavy atom. The van der Waals surface area contributed by atoms with Crippen LogP contribution in [0.5, 0.6) is 0 Å². The average molecular weight is 395 g/mol. The number of hydrogen-bond donors (Lipinski definition) is 2. The number of para-hydroxylation sites is 1. The molecule has 0 bridgehead atoms. The molecule has 1 aliphatic rings. The summed E-state index contributed by atoms with van der Waals surface area (Å²) in [6, 6.07) is 19.7. The zero-order valence-electron chi connectivity index (χ0n) is 17.0. The molecule has 2 aromatic rings. The summed E-state index contributed by atoms with van der Waals surface area (Å²) in [4.78, 5) is 18.9. The maximum absolute atomic E-state index is 12.2. The van der Waals surface area contributed by atoms with Gasteiger partial charge in [-0.05, 0) is 31.0 Å². The van der Waals surface area contributed by atoms with Crippen molar-refractivity contribution < 1.29 is 9.53 Å². The summed E-state index contributed by atoms with van der Waals surface area (Å²) in [5.74, 6) is 1.15. The fourth-order valence-corrected chi connectivity index (χ4v) is 3.37. The molecular formula is C23H30N4O2. The van der Waals surface area contributed by atoms with E-state index < -0.39 is 0 Å². The summed E-state index contributed by atoms with van der Waals surface area (Å²) in [5.41, 5.74) is 1.98. The summed E-state index contributed by atoms with van der Waals surface area (Å²) >= 11 is 0. The van der Waals surface area contributed by atoms with Crippen LogP contribution in [-0.4, -0.2) is 49.6 Å². The number of benzene rings is 2. The van der Waals surface area contributed by atoms with Crippen molar-refractivity contribution in [2.75, 3.05) is 38.1 Å². The molecule has 1 heterocycles. The van der Waals surface area contributed by atoms with Gasteiger partial charge in [0.1, 0.15) is 6.54 Å². The Labute approximate surface area is 173 Å². The zero-order valence-corrected chi connectivity index (χ0v) is 17.0. The lowest BCUT2D eigenvalue weighted by Gasteiger charge is -2.21. The third-order valence-electron chi connectivity index (χ3n) is 4.82. The van der Waals surface area contributed by atoms with Gasteiger partial charge in [0.15, 0.2) is 5.96 Å². The molecule has 1 atom stereocenters. The molecule has 2 N–H and O–H groups in total. The van der Waals surface area contributed by atoms with Crippen molar-refractivity contribution in [3.63, 3.8) is 0 Å². The van der Waals surface area contributed by atoms with E-state index in [0.29, 0.717) is 12.5 Å². The molecule has 1 aliphatic heterocycles. The van der Waals surface area contributed by atoms with E-state index in [4.69, 9.17) is 4.74 Å². The molecule has 2 aromatic carbocycles. The number of nitrogens with zero attached hydrogens (tertiary/aromatic N) is 2. The van der Waals surface area contributed by atoms with Crippen molar-refractivity contribution in [1.82, 2.24) is 10.2 Å². The SMILES string of the molecule is CCNC(=NCC(=O)Nc1ccccc1)N1CCC(COCc2ccccc2)C1. The Morgan fingerprint density at radius 2 is 1.86 bits per heavy atom. The zero-order chi connectivity index (χ0) is 20.3. The number of carbonyl (C=O) groups is 1. The summed E-state index contributed by atoms with van der Waals surface area (Å²) in [6.45, 7) is 6.10. The van der Waals surface area contributed by atoms with E-state index >= 15 is 0 Å². The van der Waals surface area contributed by atoms with Crippen molar-refractivity contribution in [2.45, 2.75) is 20.0 Å². The van der Waals surface area contributed by atoms with Crippen molar-refractivity contribution >= 4 is 17.6 Å². The molecule has 0 aromatic heterocycles. The molecule has 1 saturated heterocycles. The molecule has 0 radical (unpaired) electrons. The van der Waals surface area contributed by atoms with Gasteiger partial charge in [-0.1, -0.05) is 48.5 Å². The number of carbonyl (C=O) groups excluding carboxylic acids is 1. The lowest BCUT2D eigenvalue weighted by molar-refractivity contribution is -0.114. The second-order valence-corrected chi connectivity index (χ2v) is 7.19. The first-order chi connectivity index (χ1) is 14.2. The lowest BCUT2D eigenvalue weighted by Crippen LogP contribution is -2.40. The molecule has 1 fully saturated rings. The van der Waals surface area contributed by atoms with Crippen molar-refractivity contribution in [3.8, 4) is 0 Å². The van der Waals surface area contributed by atoms with Crippen LogP contribution in [0.2, 0.25) is 0 Å². The number of anilines is 1. The normalized spacial score (nSPS) is 16.7. The first-order valence-electron chi connectivity index (χ1n) is 10.2. The van der Waals surface area contributed by atoms with E-state index in [-0.39, 0.29) is 12.5 Å². The van der Waals surface area contributed by atoms with Crippen molar-refractivity contribution in [3.05, 3.63) is 66.2 Å². The van der Waals surface area contributed by atoms with E-state index in [1.54, 1.807) is 0 Å². The van der Waals surface area contributed by atoms with Crippen LogP contribution >= 0.6 is 0 Å². The number of aliphatic imine (C=N–C) groups is 1. The van der Waals surface area contributed by atoms with Gasteiger partial charge in [0.05, 0.1) is 13.2 Å². The third kappa shape index (κ3) is 6.91. The lowest BCUT2D eigenvalue weighted by atomic mass is 10.1. The predicted octanol–water partition coefficient (Wildman–Crippen LogP) is 3.13. The van der Waals surface area contributed by atoms with E-state index in [1.807, 2.05) is 55.5 Å². The van der Waals surface area contributed by atoms with Crippen LogP contribution in [-0.2, 0) is 16.1 Å². The van der Waals surface area contributed by atoms with Crippen molar-refractivity contribution in [1.29, 1.82) is 0 Å². The largest absolute Gasteiger partial charge is 0.376 e. The third-order valence-corrected chi connectivity index (χ3v) is 4.82. The van der Waals surface area contributed by atoms with Crippen LogP contribution in [0, 0.1) is 5.92 Å².